The molecule has 0 atom stereocenters. The summed E-state index contributed by atoms with van der Waals surface area (Å²) in [5.41, 5.74) is 9.15. The molecule has 61 heavy (non-hydrogen) atoms. The van der Waals surface area contributed by atoms with Crippen molar-refractivity contribution in [3.63, 3.8) is 0 Å². The first kappa shape index (κ1) is 33.1. The summed E-state index contributed by atoms with van der Waals surface area (Å²) < 4.78 is 7.30. The fraction of sp³-hybridized carbons (Fsp3) is 0. The summed E-state index contributed by atoms with van der Waals surface area (Å²) in [5.74, 6) is 0. The fourth-order valence-electron chi connectivity index (χ4n) is 10.5. The van der Waals surface area contributed by atoms with E-state index in [1.807, 2.05) is 23.5 Å². The number of imidazole rings is 1. The van der Waals surface area contributed by atoms with E-state index in [9.17, 15) is 0 Å². The van der Waals surface area contributed by atoms with E-state index in [4.69, 9.17) is 4.98 Å². The van der Waals surface area contributed by atoms with Gasteiger partial charge in [-0.2, -0.15) is 0 Å². The minimum atomic E-state index is 0.943. The minimum Gasteiger partial charge on any atom is -0.308 e. The number of fused-ring (bicyclic) bond motifs is 19. The fourth-order valence-corrected chi connectivity index (χ4v) is 11.9. The molecule has 0 fully saturated rings. The minimum absolute atomic E-state index is 0.943. The van der Waals surface area contributed by atoms with E-state index < -0.39 is 0 Å². The van der Waals surface area contributed by atoms with Crippen LogP contribution in [0.5, 0.6) is 0 Å². The van der Waals surface area contributed by atoms with Gasteiger partial charge in [0.15, 0.2) is 0 Å². The molecule has 0 aliphatic rings. The number of thiophene rings is 1. The third-order valence-corrected chi connectivity index (χ3v) is 14.3. The smallest absolute Gasteiger partial charge is 0.137 e. The van der Waals surface area contributed by atoms with Gasteiger partial charge in [0, 0.05) is 70.9 Å². The predicted molar refractivity (Wildman–Crippen MR) is 261 cm³/mol. The molecule has 10 aromatic carbocycles. The molecule has 3 nitrogen and oxygen atoms in total. The molecule has 4 heterocycles. The van der Waals surface area contributed by atoms with Crippen LogP contribution in [0.15, 0.2) is 200 Å². The molecule has 0 N–H and O–H groups in total. The van der Waals surface area contributed by atoms with Crippen LogP contribution in [0, 0.1) is 0 Å². The number of nitrogens with zero attached hydrogens (tertiary/aromatic N) is 3. The first-order valence-electron chi connectivity index (χ1n) is 20.9. The Bertz CT molecular complexity index is 4130. The SMILES string of the molecule is c1ccc2c(c1)cc(-c1cccc3c1sc1c3c3ccccc3c3c1c1c4ccccc4c4ccccc4c1n3-c1ccc(-c3cn4ccccc4n3)cc1)c1ccccc12. The van der Waals surface area contributed by atoms with Gasteiger partial charge in [0.1, 0.15) is 5.65 Å². The predicted octanol–water partition coefficient (Wildman–Crippen LogP) is 15.9. The molecule has 0 unspecified atom stereocenters. The van der Waals surface area contributed by atoms with Crippen molar-refractivity contribution in [1.29, 1.82) is 0 Å². The van der Waals surface area contributed by atoms with Gasteiger partial charge in [0.2, 0.25) is 0 Å². The van der Waals surface area contributed by atoms with Crippen molar-refractivity contribution < 1.29 is 0 Å². The Morgan fingerprint density at radius 2 is 0.967 bits per heavy atom. The highest BCUT2D eigenvalue weighted by atomic mass is 32.1. The highest BCUT2D eigenvalue weighted by Crippen LogP contribution is 2.53. The summed E-state index contributed by atoms with van der Waals surface area (Å²) >= 11 is 1.96. The summed E-state index contributed by atoms with van der Waals surface area (Å²) in [6, 6.07) is 69.4. The lowest BCUT2D eigenvalue weighted by atomic mass is 9.92. The number of aromatic nitrogens is 3. The molecule has 4 aromatic heterocycles. The van der Waals surface area contributed by atoms with Gasteiger partial charge < -0.3 is 8.97 Å². The second-order valence-corrected chi connectivity index (χ2v) is 17.3. The maximum atomic E-state index is 4.96. The Morgan fingerprint density at radius 3 is 1.72 bits per heavy atom. The largest absolute Gasteiger partial charge is 0.308 e. The monoisotopic (exact) mass is 791 g/mol. The number of hydrogen-bond acceptors (Lipinski definition) is 2. The van der Waals surface area contributed by atoms with Crippen LogP contribution in [-0.2, 0) is 0 Å². The molecule has 4 heteroatoms. The van der Waals surface area contributed by atoms with Crippen LogP contribution < -0.4 is 0 Å². The topological polar surface area (TPSA) is 22.2 Å². The van der Waals surface area contributed by atoms with Crippen LogP contribution in [-0.4, -0.2) is 14.0 Å². The second-order valence-electron chi connectivity index (χ2n) is 16.2. The van der Waals surface area contributed by atoms with E-state index in [0.29, 0.717) is 0 Å². The standard InChI is InChI=1S/C57H33N3S/c1-2-15-37-35(14-1)32-48(41-19-4-3-16-38(37)41)46-24-13-25-47-51-43-21-8-10-23-45(43)55-53(57(51)61-56(46)47)52-42-20-7-5-17-39(42)40-18-6-9-22-44(40)54(52)60(55)36-29-27-34(28-30-36)49-33-59-31-12-11-26-50(59)58-49/h1-33H. The lowest BCUT2D eigenvalue weighted by Crippen LogP contribution is -1.96. The van der Waals surface area contributed by atoms with Gasteiger partial charge in [-0.15, -0.1) is 11.3 Å². The highest BCUT2D eigenvalue weighted by Gasteiger charge is 2.26. The van der Waals surface area contributed by atoms with E-state index in [0.717, 1.165) is 22.6 Å². The average Bonchev–Trinajstić information content (AvgIpc) is 4.05. The van der Waals surface area contributed by atoms with Crippen LogP contribution >= 0.6 is 11.3 Å². The summed E-state index contributed by atoms with van der Waals surface area (Å²) in [6.45, 7) is 0. The van der Waals surface area contributed by atoms with E-state index in [2.05, 4.69) is 197 Å². The van der Waals surface area contributed by atoms with E-state index in [1.165, 1.54) is 107 Å². The lowest BCUT2D eigenvalue weighted by Gasteiger charge is -2.13. The molecule has 14 aromatic rings. The van der Waals surface area contributed by atoms with E-state index in [-0.39, 0.29) is 0 Å². The summed E-state index contributed by atoms with van der Waals surface area (Å²) in [6.07, 6.45) is 4.17. The third kappa shape index (κ3) is 4.54. The second kappa shape index (κ2) is 12.4. The van der Waals surface area contributed by atoms with Crippen LogP contribution in [0.4, 0.5) is 0 Å². The number of benzene rings is 10. The Morgan fingerprint density at radius 1 is 0.393 bits per heavy atom. The van der Waals surface area contributed by atoms with Crippen molar-refractivity contribution >= 4 is 113 Å². The molecule has 282 valence electrons. The third-order valence-electron chi connectivity index (χ3n) is 13.1. The van der Waals surface area contributed by atoms with Gasteiger partial charge in [-0.25, -0.2) is 4.98 Å². The van der Waals surface area contributed by atoms with Gasteiger partial charge >= 0.3 is 0 Å². The molecule has 14 rings (SSSR count). The van der Waals surface area contributed by atoms with E-state index >= 15 is 0 Å². The Kier molecular flexibility index (Phi) is 6.71. The normalized spacial score (nSPS) is 12.3. The molecule has 0 radical (unpaired) electrons. The van der Waals surface area contributed by atoms with Crippen LogP contribution in [0.1, 0.15) is 0 Å². The molecular weight excluding hydrogens is 759 g/mol. The lowest BCUT2D eigenvalue weighted by molar-refractivity contribution is 1.19. The maximum Gasteiger partial charge on any atom is 0.137 e. The summed E-state index contributed by atoms with van der Waals surface area (Å²) in [4.78, 5) is 4.96. The molecular formula is C57H33N3S. The number of rotatable bonds is 3. The van der Waals surface area contributed by atoms with Crippen molar-refractivity contribution in [2.45, 2.75) is 0 Å². The molecule has 0 aliphatic carbocycles. The van der Waals surface area contributed by atoms with Gasteiger partial charge in [-0.3, -0.25) is 0 Å². The zero-order valence-corrected chi connectivity index (χ0v) is 33.6. The first-order valence-corrected chi connectivity index (χ1v) is 21.7. The van der Waals surface area contributed by atoms with Crippen LogP contribution in [0.2, 0.25) is 0 Å². The van der Waals surface area contributed by atoms with Gasteiger partial charge in [-0.1, -0.05) is 158 Å². The quantitative estimate of drug-likeness (QED) is 0.163. The Balaban J connectivity index is 1.16. The Hall–Kier alpha value is -7.79. The maximum absolute atomic E-state index is 4.96. The van der Waals surface area contributed by atoms with E-state index in [1.54, 1.807) is 0 Å². The van der Waals surface area contributed by atoms with Crippen molar-refractivity contribution in [3.8, 4) is 28.1 Å². The molecule has 0 bridgehead atoms. The molecule has 0 saturated heterocycles. The van der Waals surface area contributed by atoms with Crippen molar-refractivity contribution in [3.05, 3.63) is 200 Å². The molecule has 0 amide bonds. The van der Waals surface area contributed by atoms with Gasteiger partial charge in [0.25, 0.3) is 0 Å². The summed E-state index contributed by atoms with van der Waals surface area (Å²) in [5, 5.41) is 17.9. The first-order chi connectivity index (χ1) is 30.3. The zero-order valence-electron chi connectivity index (χ0n) is 32.8. The number of pyridine rings is 1. The molecule has 0 saturated carbocycles. The average molecular weight is 792 g/mol. The molecule has 0 spiro atoms. The zero-order chi connectivity index (χ0) is 39.8. The van der Waals surface area contributed by atoms with Gasteiger partial charge in [-0.05, 0) is 79.0 Å². The highest BCUT2D eigenvalue weighted by molar-refractivity contribution is 7.27. The van der Waals surface area contributed by atoms with Crippen LogP contribution in [0.25, 0.3) is 130 Å². The van der Waals surface area contributed by atoms with Gasteiger partial charge in [0.05, 0.1) is 16.7 Å². The summed E-state index contributed by atoms with van der Waals surface area (Å²) in [7, 11) is 0. The molecule has 0 aliphatic heterocycles. The number of hydrogen-bond donors (Lipinski definition) is 0. The van der Waals surface area contributed by atoms with Crippen molar-refractivity contribution in [2.75, 3.05) is 0 Å². The Labute approximate surface area is 353 Å². The van der Waals surface area contributed by atoms with Crippen molar-refractivity contribution in [1.82, 2.24) is 14.0 Å². The van der Waals surface area contributed by atoms with Crippen LogP contribution in [0.3, 0.4) is 0 Å². The van der Waals surface area contributed by atoms with Crippen molar-refractivity contribution in [2.24, 2.45) is 0 Å².